The van der Waals surface area contributed by atoms with Crippen molar-refractivity contribution in [3.8, 4) is 11.5 Å². The van der Waals surface area contributed by atoms with Crippen molar-refractivity contribution in [1.29, 1.82) is 0 Å². The van der Waals surface area contributed by atoms with Crippen molar-refractivity contribution in [1.82, 2.24) is 4.57 Å². The molecule has 33 heavy (non-hydrogen) atoms. The monoisotopic (exact) mass is 462 g/mol. The van der Waals surface area contributed by atoms with Gasteiger partial charge in [-0.05, 0) is 55.0 Å². The van der Waals surface area contributed by atoms with Gasteiger partial charge in [0.05, 0.1) is 19.8 Å². The van der Waals surface area contributed by atoms with Crippen molar-refractivity contribution in [3.05, 3.63) is 88.6 Å². The Balaban J connectivity index is 1.75. The zero-order valence-electron chi connectivity index (χ0n) is 18.5. The van der Waals surface area contributed by atoms with Crippen LogP contribution in [0.25, 0.3) is 10.9 Å². The highest BCUT2D eigenvalue weighted by atomic mass is 35.5. The molecule has 6 nitrogen and oxygen atoms in total. The number of nitrogens with zero attached hydrogens (tertiary/aromatic N) is 1. The zero-order valence-corrected chi connectivity index (χ0v) is 19.3. The molecule has 1 amide bonds. The first-order chi connectivity index (χ1) is 15.9. The molecule has 1 aromatic heterocycles. The lowest BCUT2D eigenvalue weighted by atomic mass is 10.1. The normalized spacial score (nSPS) is 10.8. The number of ether oxygens (including phenoxy) is 2. The van der Waals surface area contributed by atoms with Gasteiger partial charge in [-0.2, -0.15) is 0 Å². The topological polar surface area (TPSA) is 69.6 Å². The third-order valence-corrected chi connectivity index (χ3v) is 5.80. The molecule has 0 unspecified atom stereocenters. The van der Waals surface area contributed by atoms with Crippen LogP contribution in [-0.2, 0) is 11.3 Å². The number of halogens is 1. The van der Waals surface area contributed by atoms with Gasteiger partial charge in [-0.15, -0.1) is 0 Å². The quantitative estimate of drug-likeness (QED) is 0.291. The van der Waals surface area contributed by atoms with Gasteiger partial charge in [0.2, 0.25) is 0 Å². The molecule has 0 aliphatic heterocycles. The first-order valence-electron chi connectivity index (χ1n) is 10.3. The molecule has 0 saturated heterocycles. The number of amides is 1. The SMILES string of the molecule is COc1cccc(NC(=O)C(=O)c2c(C)n(Cc3ccc(Cl)cc3)c3ccc(OC)cc23)c1. The number of benzene rings is 3. The maximum Gasteiger partial charge on any atom is 0.296 e. The highest BCUT2D eigenvalue weighted by molar-refractivity contribution is 6.48. The van der Waals surface area contributed by atoms with Crippen LogP contribution in [0.5, 0.6) is 11.5 Å². The van der Waals surface area contributed by atoms with Crippen molar-refractivity contribution in [2.75, 3.05) is 19.5 Å². The van der Waals surface area contributed by atoms with Crippen LogP contribution in [0.15, 0.2) is 66.7 Å². The van der Waals surface area contributed by atoms with Crippen LogP contribution in [-0.4, -0.2) is 30.5 Å². The summed E-state index contributed by atoms with van der Waals surface area (Å²) < 4.78 is 12.6. The molecule has 0 bridgehead atoms. The summed E-state index contributed by atoms with van der Waals surface area (Å²) in [5, 5.41) is 3.99. The molecule has 7 heteroatoms. The number of fused-ring (bicyclic) bond motifs is 1. The molecule has 4 rings (SSSR count). The van der Waals surface area contributed by atoms with Crippen LogP contribution in [0, 0.1) is 6.92 Å². The molecule has 0 atom stereocenters. The van der Waals surface area contributed by atoms with E-state index < -0.39 is 11.7 Å². The fourth-order valence-corrected chi connectivity index (χ4v) is 3.98. The Labute approximate surface area is 196 Å². The maximum absolute atomic E-state index is 13.3. The van der Waals surface area contributed by atoms with E-state index in [1.807, 2.05) is 47.9 Å². The summed E-state index contributed by atoms with van der Waals surface area (Å²) in [7, 11) is 3.11. The third-order valence-electron chi connectivity index (χ3n) is 5.55. The molecule has 0 aliphatic carbocycles. The Morgan fingerprint density at radius 2 is 1.64 bits per heavy atom. The molecule has 0 radical (unpaired) electrons. The molecule has 3 aromatic carbocycles. The molecule has 1 heterocycles. The van der Waals surface area contributed by atoms with Gasteiger partial charge in [0.25, 0.3) is 11.7 Å². The van der Waals surface area contributed by atoms with E-state index in [4.69, 9.17) is 21.1 Å². The summed E-state index contributed by atoms with van der Waals surface area (Å²) >= 11 is 6.02. The van der Waals surface area contributed by atoms with Gasteiger partial charge in [0.15, 0.2) is 0 Å². The van der Waals surface area contributed by atoms with Crippen LogP contribution >= 0.6 is 11.6 Å². The number of carbonyl (C=O) groups is 2. The number of ketones is 1. The second kappa shape index (κ2) is 9.38. The van der Waals surface area contributed by atoms with Crippen molar-refractivity contribution in [2.45, 2.75) is 13.5 Å². The second-order valence-electron chi connectivity index (χ2n) is 7.57. The first-order valence-corrected chi connectivity index (χ1v) is 10.7. The Morgan fingerprint density at radius 3 is 2.33 bits per heavy atom. The lowest BCUT2D eigenvalue weighted by molar-refractivity contribution is -0.112. The van der Waals surface area contributed by atoms with Gasteiger partial charge >= 0.3 is 0 Å². The van der Waals surface area contributed by atoms with E-state index in [0.717, 1.165) is 11.1 Å². The number of hydrogen-bond donors (Lipinski definition) is 1. The maximum atomic E-state index is 13.3. The Kier molecular flexibility index (Phi) is 6.38. The summed E-state index contributed by atoms with van der Waals surface area (Å²) in [6.07, 6.45) is 0. The minimum absolute atomic E-state index is 0.346. The summed E-state index contributed by atoms with van der Waals surface area (Å²) in [5.74, 6) is -0.155. The van der Waals surface area contributed by atoms with E-state index >= 15 is 0 Å². The smallest absolute Gasteiger partial charge is 0.296 e. The van der Waals surface area contributed by atoms with Crippen molar-refractivity contribution < 1.29 is 19.1 Å². The molecule has 0 saturated carbocycles. The second-order valence-corrected chi connectivity index (χ2v) is 8.01. The van der Waals surface area contributed by atoms with Crippen LogP contribution in [0.1, 0.15) is 21.6 Å². The molecular weight excluding hydrogens is 440 g/mol. The predicted molar refractivity (Wildman–Crippen MR) is 130 cm³/mol. The number of anilines is 1. The van der Waals surface area contributed by atoms with Gasteiger partial charge in [0, 0.05) is 39.9 Å². The summed E-state index contributed by atoms with van der Waals surface area (Å²) in [5.41, 5.74) is 3.38. The molecule has 168 valence electrons. The van der Waals surface area contributed by atoms with E-state index in [9.17, 15) is 9.59 Å². The fraction of sp³-hybridized carbons (Fsp3) is 0.154. The minimum atomic E-state index is -0.722. The van der Waals surface area contributed by atoms with E-state index in [0.29, 0.717) is 45.4 Å². The average molecular weight is 463 g/mol. The van der Waals surface area contributed by atoms with Crippen LogP contribution < -0.4 is 14.8 Å². The summed E-state index contributed by atoms with van der Waals surface area (Å²) in [6.45, 7) is 2.37. The number of aromatic nitrogens is 1. The lowest BCUT2D eigenvalue weighted by Crippen LogP contribution is -2.23. The molecule has 4 aromatic rings. The van der Waals surface area contributed by atoms with Crippen molar-refractivity contribution >= 4 is 39.9 Å². The Morgan fingerprint density at radius 1 is 0.939 bits per heavy atom. The van der Waals surface area contributed by atoms with Crippen molar-refractivity contribution in [2.24, 2.45) is 0 Å². The van der Waals surface area contributed by atoms with E-state index in [1.54, 1.807) is 44.6 Å². The van der Waals surface area contributed by atoms with E-state index in [-0.39, 0.29) is 0 Å². The minimum Gasteiger partial charge on any atom is -0.497 e. The molecular formula is C26H23ClN2O4. The zero-order chi connectivity index (χ0) is 23.5. The van der Waals surface area contributed by atoms with Crippen LogP contribution in [0.3, 0.4) is 0 Å². The Hall–Kier alpha value is -3.77. The first kappa shape index (κ1) is 22.4. The highest BCUT2D eigenvalue weighted by Gasteiger charge is 2.26. The van der Waals surface area contributed by atoms with E-state index in [2.05, 4.69) is 5.32 Å². The van der Waals surface area contributed by atoms with Crippen LogP contribution in [0.2, 0.25) is 5.02 Å². The number of Topliss-reactive ketones (excluding diaryl/α,β-unsaturated/α-hetero) is 1. The molecule has 0 fully saturated rings. The summed E-state index contributed by atoms with van der Waals surface area (Å²) in [4.78, 5) is 26.2. The number of nitrogens with one attached hydrogen (secondary N) is 1. The fourth-order valence-electron chi connectivity index (χ4n) is 3.85. The van der Waals surface area contributed by atoms with Gasteiger partial charge in [-0.25, -0.2) is 0 Å². The highest BCUT2D eigenvalue weighted by Crippen LogP contribution is 2.31. The standard InChI is InChI=1S/C26H23ClN2O4/c1-16-24(25(30)26(31)28-19-5-4-6-20(13-19)32-2)22-14-21(33-3)11-12-23(22)29(16)15-17-7-9-18(27)10-8-17/h4-14H,15H2,1-3H3,(H,28,31). The summed E-state index contributed by atoms with van der Waals surface area (Å²) in [6, 6.07) is 19.9. The molecule has 0 aliphatic rings. The Bertz CT molecular complexity index is 1340. The lowest BCUT2D eigenvalue weighted by Gasteiger charge is -2.10. The van der Waals surface area contributed by atoms with Gasteiger partial charge in [-0.1, -0.05) is 29.8 Å². The predicted octanol–water partition coefficient (Wildman–Crippen LogP) is 5.49. The van der Waals surface area contributed by atoms with Crippen molar-refractivity contribution in [3.63, 3.8) is 0 Å². The number of methoxy groups -OCH3 is 2. The number of rotatable bonds is 7. The average Bonchev–Trinajstić information content (AvgIpc) is 3.10. The molecule has 0 spiro atoms. The van der Waals surface area contributed by atoms with Gasteiger partial charge < -0.3 is 19.4 Å². The molecule has 1 N–H and O–H groups in total. The van der Waals surface area contributed by atoms with Crippen LogP contribution in [0.4, 0.5) is 5.69 Å². The third kappa shape index (κ3) is 4.56. The largest absolute Gasteiger partial charge is 0.497 e. The van der Waals surface area contributed by atoms with Gasteiger partial charge in [-0.3, -0.25) is 9.59 Å². The van der Waals surface area contributed by atoms with Gasteiger partial charge in [0.1, 0.15) is 11.5 Å². The number of carbonyl (C=O) groups excluding carboxylic acids is 2. The van der Waals surface area contributed by atoms with E-state index in [1.165, 1.54) is 0 Å². The number of hydrogen-bond acceptors (Lipinski definition) is 4.